The molecular weight excluding hydrogens is 366 g/mol. The Hall–Kier alpha value is -1.68. The van der Waals surface area contributed by atoms with Gasteiger partial charge in [-0.2, -0.15) is 11.3 Å². The largest absolute Gasteiger partial charge is 0.292 e. The number of rotatable bonds is 4. The van der Waals surface area contributed by atoms with Gasteiger partial charge in [0.2, 0.25) is 0 Å². The van der Waals surface area contributed by atoms with Crippen LogP contribution in [-0.4, -0.2) is 17.0 Å². The predicted octanol–water partition coefficient (Wildman–Crippen LogP) is 6.75. The van der Waals surface area contributed by atoms with Crippen LogP contribution in [0.4, 0.5) is 0 Å². The summed E-state index contributed by atoms with van der Waals surface area (Å²) in [5, 5.41) is 6.77. The predicted molar refractivity (Wildman–Crippen MR) is 117 cm³/mol. The Morgan fingerprint density at radius 2 is 1.74 bits per heavy atom. The van der Waals surface area contributed by atoms with Crippen molar-refractivity contribution >= 4 is 28.2 Å². The zero-order valence-corrected chi connectivity index (χ0v) is 17.4. The number of piperidine rings is 1. The van der Waals surface area contributed by atoms with Crippen LogP contribution in [0.3, 0.4) is 0 Å². The Morgan fingerprint density at radius 1 is 0.963 bits per heavy atom. The maximum atomic E-state index is 2.80. The lowest BCUT2D eigenvalue weighted by Gasteiger charge is -2.37. The summed E-state index contributed by atoms with van der Waals surface area (Å²) >= 11 is 3.73. The highest BCUT2D eigenvalue weighted by Gasteiger charge is 2.39. The summed E-state index contributed by atoms with van der Waals surface area (Å²) in [6.07, 6.45) is 5.15. The zero-order chi connectivity index (χ0) is 18.2. The van der Waals surface area contributed by atoms with E-state index in [1.54, 1.807) is 21.8 Å². The first-order valence-corrected chi connectivity index (χ1v) is 11.7. The second-order valence-electron chi connectivity index (χ2n) is 7.85. The van der Waals surface area contributed by atoms with E-state index in [9.17, 15) is 0 Å². The summed E-state index contributed by atoms with van der Waals surface area (Å²) < 4.78 is 0. The summed E-state index contributed by atoms with van der Waals surface area (Å²) in [5.41, 5.74) is 7.42. The molecule has 1 nitrogen and oxygen atoms in total. The van der Waals surface area contributed by atoms with Crippen molar-refractivity contribution in [3.05, 3.63) is 85.7 Å². The molecular formula is C24H25NS2. The number of aryl methyl sites for hydroxylation is 1. The van der Waals surface area contributed by atoms with Gasteiger partial charge in [0.15, 0.2) is 0 Å². The molecule has 0 aliphatic carbocycles. The van der Waals surface area contributed by atoms with E-state index in [0.29, 0.717) is 12.1 Å². The van der Waals surface area contributed by atoms with Crippen LogP contribution in [0.5, 0.6) is 0 Å². The smallest absolute Gasteiger partial charge is 0.0336 e. The van der Waals surface area contributed by atoms with Crippen molar-refractivity contribution in [2.75, 3.05) is 0 Å². The highest BCUT2D eigenvalue weighted by atomic mass is 32.1. The molecule has 0 amide bonds. The van der Waals surface area contributed by atoms with Crippen molar-refractivity contribution in [2.24, 2.45) is 0 Å². The Labute approximate surface area is 170 Å². The van der Waals surface area contributed by atoms with Gasteiger partial charge in [-0.05, 0) is 83.1 Å². The lowest BCUT2D eigenvalue weighted by molar-refractivity contribution is 0.159. The van der Waals surface area contributed by atoms with Gasteiger partial charge >= 0.3 is 0 Å². The molecule has 2 saturated heterocycles. The summed E-state index contributed by atoms with van der Waals surface area (Å²) in [6.45, 7) is 3.40. The van der Waals surface area contributed by atoms with Crippen molar-refractivity contribution < 1.29 is 0 Å². The first kappa shape index (κ1) is 17.4. The first-order chi connectivity index (χ1) is 13.3. The van der Waals surface area contributed by atoms with Crippen LogP contribution in [-0.2, 0) is 6.54 Å². The fourth-order valence-corrected chi connectivity index (χ4v) is 6.45. The van der Waals surface area contributed by atoms with Crippen molar-refractivity contribution in [3.63, 3.8) is 0 Å². The van der Waals surface area contributed by atoms with Crippen LogP contribution < -0.4 is 0 Å². The number of fused-ring (bicyclic) bond motifs is 2. The number of hydrogen-bond donors (Lipinski definition) is 0. The van der Waals surface area contributed by atoms with Gasteiger partial charge in [0.1, 0.15) is 0 Å². The molecule has 1 aromatic carbocycles. The molecule has 138 valence electrons. The zero-order valence-electron chi connectivity index (χ0n) is 15.7. The molecule has 27 heavy (non-hydrogen) atoms. The normalized spacial score (nSPS) is 22.3. The van der Waals surface area contributed by atoms with E-state index < -0.39 is 0 Å². The molecule has 3 aromatic rings. The molecule has 5 rings (SSSR count). The third-order valence-corrected chi connectivity index (χ3v) is 7.95. The van der Waals surface area contributed by atoms with Gasteiger partial charge in [0.05, 0.1) is 0 Å². The summed E-state index contributed by atoms with van der Waals surface area (Å²) in [5.74, 6) is 0. The van der Waals surface area contributed by atoms with Gasteiger partial charge < -0.3 is 0 Å². The van der Waals surface area contributed by atoms with Crippen LogP contribution >= 0.6 is 22.7 Å². The fourth-order valence-electron chi connectivity index (χ4n) is 4.89. The molecule has 0 N–H and O–H groups in total. The molecule has 2 fully saturated rings. The van der Waals surface area contributed by atoms with Gasteiger partial charge in [0.25, 0.3) is 0 Å². The number of nitrogens with zero attached hydrogens (tertiary/aromatic N) is 1. The average Bonchev–Trinajstić information content (AvgIpc) is 3.39. The SMILES string of the molecule is Cc1ccsc1CN1C2CCC1CC(=C(c1ccccc1)c1ccsc1)C2. The Bertz CT molecular complexity index is 920. The van der Waals surface area contributed by atoms with Crippen molar-refractivity contribution in [1.29, 1.82) is 0 Å². The molecule has 2 bridgehead atoms. The third kappa shape index (κ3) is 3.33. The van der Waals surface area contributed by atoms with E-state index in [1.807, 2.05) is 11.3 Å². The van der Waals surface area contributed by atoms with Crippen LogP contribution in [0.1, 0.15) is 47.3 Å². The third-order valence-electron chi connectivity index (χ3n) is 6.26. The molecule has 2 atom stereocenters. The lowest BCUT2D eigenvalue weighted by Crippen LogP contribution is -2.40. The van der Waals surface area contributed by atoms with E-state index >= 15 is 0 Å². The molecule has 2 aliphatic rings. The second-order valence-corrected chi connectivity index (χ2v) is 9.63. The van der Waals surface area contributed by atoms with E-state index in [0.717, 1.165) is 6.54 Å². The Kier molecular flexibility index (Phi) is 4.76. The first-order valence-electron chi connectivity index (χ1n) is 9.88. The van der Waals surface area contributed by atoms with E-state index in [-0.39, 0.29) is 0 Å². The van der Waals surface area contributed by atoms with E-state index in [2.05, 4.69) is 70.4 Å². The number of benzene rings is 1. The molecule has 0 saturated carbocycles. The van der Waals surface area contributed by atoms with Crippen LogP contribution in [0.25, 0.3) is 5.57 Å². The molecule has 2 unspecified atom stereocenters. The van der Waals surface area contributed by atoms with E-state index in [4.69, 9.17) is 0 Å². The van der Waals surface area contributed by atoms with Gasteiger partial charge in [-0.15, -0.1) is 11.3 Å². The monoisotopic (exact) mass is 391 g/mol. The van der Waals surface area contributed by atoms with Gasteiger partial charge in [-0.3, -0.25) is 4.90 Å². The topological polar surface area (TPSA) is 3.24 Å². The number of thiophene rings is 2. The maximum Gasteiger partial charge on any atom is 0.0336 e. The molecule has 4 heterocycles. The van der Waals surface area contributed by atoms with Crippen molar-refractivity contribution in [1.82, 2.24) is 4.90 Å². The van der Waals surface area contributed by atoms with E-state index in [1.165, 1.54) is 47.9 Å². The standard InChI is InChI=1S/C24H25NS2/c1-17-9-12-27-23(17)15-25-21-7-8-22(25)14-20(13-21)24(19-10-11-26-16-19)18-5-3-2-4-6-18/h2-6,9-12,16,21-22H,7-8,13-15H2,1H3. The van der Waals surface area contributed by atoms with Gasteiger partial charge in [-0.1, -0.05) is 35.9 Å². The quantitative estimate of drug-likeness (QED) is 0.475. The van der Waals surface area contributed by atoms with Crippen molar-refractivity contribution in [2.45, 2.75) is 51.2 Å². The van der Waals surface area contributed by atoms with Gasteiger partial charge in [-0.25, -0.2) is 0 Å². The van der Waals surface area contributed by atoms with Gasteiger partial charge in [0, 0.05) is 23.5 Å². The number of hydrogen-bond acceptors (Lipinski definition) is 3. The molecule has 2 aliphatic heterocycles. The average molecular weight is 392 g/mol. The lowest BCUT2D eigenvalue weighted by atomic mass is 9.86. The summed E-state index contributed by atoms with van der Waals surface area (Å²) in [4.78, 5) is 4.36. The summed E-state index contributed by atoms with van der Waals surface area (Å²) in [7, 11) is 0. The van der Waals surface area contributed by atoms with Crippen LogP contribution in [0.2, 0.25) is 0 Å². The Balaban J connectivity index is 1.48. The molecule has 3 heteroatoms. The summed E-state index contributed by atoms with van der Waals surface area (Å²) in [6, 6.07) is 17.0. The van der Waals surface area contributed by atoms with Crippen LogP contribution in [0, 0.1) is 6.92 Å². The molecule has 0 spiro atoms. The van der Waals surface area contributed by atoms with Crippen LogP contribution in [0.15, 0.2) is 64.2 Å². The van der Waals surface area contributed by atoms with Crippen molar-refractivity contribution in [3.8, 4) is 0 Å². The highest BCUT2D eigenvalue weighted by molar-refractivity contribution is 7.10. The Morgan fingerprint density at radius 3 is 2.37 bits per heavy atom. The second kappa shape index (κ2) is 7.38. The molecule has 0 radical (unpaired) electrons. The minimum atomic E-state index is 0.706. The minimum Gasteiger partial charge on any atom is -0.292 e. The highest BCUT2D eigenvalue weighted by Crippen LogP contribution is 2.44. The minimum absolute atomic E-state index is 0.706. The fraction of sp³-hybridized carbons (Fsp3) is 0.333. The molecule has 2 aromatic heterocycles. The maximum absolute atomic E-state index is 2.80.